The number of rotatable bonds is 8. The summed E-state index contributed by atoms with van der Waals surface area (Å²) in [5, 5.41) is 25.6. The Morgan fingerprint density at radius 2 is 1.97 bits per heavy atom. The van der Waals surface area contributed by atoms with Crippen LogP contribution in [0, 0.1) is 10.1 Å². The fraction of sp³-hybridized carbons (Fsp3) is 0.154. The highest BCUT2D eigenvalue weighted by atomic mass is 79.9. The van der Waals surface area contributed by atoms with Gasteiger partial charge in [0.1, 0.15) is 12.4 Å². The van der Waals surface area contributed by atoms with E-state index >= 15 is 0 Å². The largest absolute Gasteiger partial charge is 0.481 e. The predicted octanol–water partition coefficient (Wildman–Crippen LogP) is 5.35. The quantitative estimate of drug-likeness (QED) is 0.173. The summed E-state index contributed by atoms with van der Waals surface area (Å²) in [4.78, 5) is 40.3. The van der Waals surface area contributed by atoms with Gasteiger partial charge in [0.2, 0.25) is 5.75 Å². The van der Waals surface area contributed by atoms with Crippen LogP contribution in [-0.4, -0.2) is 31.9 Å². The number of aromatic nitrogens is 2. The average molecular weight is 565 g/mol. The molecule has 10 nitrogen and oxygen atoms in total. The second kappa shape index (κ2) is 10.7. The number of para-hydroxylation sites is 1. The van der Waals surface area contributed by atoms with Crippen molar-refractivity contribution in [2.45, 2.75) is 26.4 Å². The Bertz CT molecular complexity index is 1610. The summed E-state index contributed by atoms with van der Waals surface area (Å²) in [6.45, 7) is 3.65. The number of nitro groups is 1. The molecule has 0 aliphatic heterocycles. The smallest absolute Gasteiger partial charge is 0.335 e. The first kappa shape index (κ1) is 25.7. The maximum atomic E-state index is 13.3. The Balaban J connectivity index is 1.77. The van der Waals surface area contributed by atoms with Gasteiger partial charge in [-0.05, 0) is 42.0 Å². The lowest BCUT2D eigenvalue weighted by Gasteiger charge is -2.13. The first-order valence-corrected chi connectivity index (χ1v) is 11.9. The lowest BCUT2D eigenvalue weighted by molar-refractivity contribution is -0.385. The molecular formula is C26H21BrN4O6. The van der Waals surface area contributed by atoms with E-state index < -0.39 is 10.9 Å². The van der Waals surface area contributed by atoms with Crippen molar-refractivity contribution < 1.29 is 19.6 Å². The molecular weight excluding hydrogens is 544 g/mol. The number of carboxylic acids is 1. The molecule has 4 rings (SSSR count). The molecule has 3 aromatic carbocycles. The topological polar surface area (TPSA) is 137 Å². The molecule has 0 atom stereocenters. The summed E-state index contributed by atoms with van der Waals surface area (Å²) < 4.78 is 7.69. The Kier molecular flexibility index (Phi) is 7.44. The van der Waals surface area contributed by atoms with E-state index in [1.54, 1.807) is 36.4 Å². The summed E-state index contributed by atoms with van der Waals surface area (Å²) in [7, 11) is 0. The maximum absolute atomic E-state index is 13.3. The van der Waals surface area contributed by atoms with Gasteiger partial charge in [0.25, 0.3) is 5.56 Å². The van der Waals surface area contributed by atoms with Gasteiger partial charge < -0.3 is 9.84 Å². The van der Waals surface area contributed by atoms with Crippen molar-refractivity contribution in [2.75, 3.05) is 0 Å². The van der Waals surface area contributed by atoms with Gasteiger partial charge in [-0.25, -0.2) is 9.78 Å². The third kappa shape index (κ3) is 5.56. The minimum Gasteiger partial charge on any atom is -0.481 e. The lowest BCUT2D eigenvalue weighted by Crippen LogP contribution is -2.23. The molecule has 1 heterocycles. The standard InChI is InChI=1S/C26H21BrN4O6/c1-15(2)24-29-21-10-9-19(27)12-20(21)25(32)30(24)28-13-18-7-4-8-22(31(35)36)23(18)37-14-16-5-3-6-17(11-16)26(33)34/h3-13,15H,14H2,1-2H3,(H,33,34). The van der Waals surface area contributed by atoms with Crippen molar-refractivity contribution in [2.24, 2.45) is 5.10 Å². The molecule has 0 radical (unpaired) electrons. The van der Waals surface area contributed by atoms with Crippen molar-refractivity contribution in [3.8, 4) is 5.75 Å². The number of nitrogens with zero attached hydrogens (tertiary/aromatic N) is 4. The van der Waals surface area contributed by atoms with E-state index in [0.717, 1.165) is 0 Å². The van der Waals surface area contributed by atoms with Crippen LogP contribution >= 0.6 is 15.9 Å². The second-order valence-electron chi connectivity index (χ2n) is 8.39. The Hall–Kier alpha value is -4.38. The van der Waals surface area contributed by atoms with E-state index in [2.05, 4.69) is 26.0 Å². The SMILES string of the molecule is CC(C)c1nc2ccc(Br)cc2c(=O)n1N=Cc1cccc([N+](=O)[O-])c1OCc1cccc(C(=O)O)c1. The number of ether oxygens (including phenoxy) is 1. The van der Waals surface area contributed by atoms with E-state index in [9.17, 15) is 24.8 Å². The number of nitro benzene ring substituents is 1. The minimum atomic E-state index is -1.09. The van der Waals surface area contributed by atoms with Gasteiger partial charge in [0.05, 0.1) is 27.6 Å². The van der Waals surface area contributed by atoms with Crippen molar-refractivity contribution >= 4 is 44.7 Å². The molecule has 0 aliphatic carbocycles. The first-order valence-electron chi connectivity index (χ1n) is 11.1. The molecule has 37 heavy (non-hydrogen) atoms. The number of carboxylic acid groups (broad SMARTS) is 1. The fourth-order valence-corrected chi connectivity index (χ4v) is 4.03. The Morgan fingerprint density at radius 1 is 1.22 bits per heavy atom. The van der Waals surface area contributed by atoms with Gasteiger partial charge in [0, 0.05) is 22.0 Å². The zero-order valence-electron chi connectivity index (χ0n) is 19.8. The Morgan fingerprint density at radius 3 is 2.68 bits per heavy atom. The number of fused-ring (bicyclic) bond motifs is 1. The van der Waals surface area contributed by atoms with Gasteiger partial charge in [0.15, 0.2) is 0 Å². The number of halogens is 1. The zero-order valence-corrected chi connectivity index (χ0v) is 21.4. The molecule has 0 fully saturated rings. The van der Waals surface area contributed by atoms with Crippen LogP contribution < -0.4 is 10.3 Å². The van der Waals surface area contributed by atoms with Crippen LogP contribution in [0.4, 0.5) is 5.69 Å². The maximum Gasteiger partial charge on any atom is 0.335 e. The summed E-state index contributed by atoms with van der Waals surface area (Å²) in [6, 6.07) is 15.6. The first-order chi connectivity index (χ1) is 17.7. The van der Waals surface area contributed by atoms with Crippen LogP contribution in [-0.2, 0) is 6.61 Å². The molecule has 0 aliphatic rings. The van der Waals surface area contributed by atoms with Crippen LogP contribution in [0.5, 0.6) is 5.75 Å². The highest BCUT2D eigenvalue weighted by Crippen LogP contribution is 2.31. The molecule has 0 saturated carbocycles. The van der Waals surface area contributed by atoms with E-state index in [0.29, 0.717) is 26.8 Å². The predicted molar refractivity (Wildman–Crippen MR) is 142 cm³/mol. The molecule has 0 unspecified atom stereocenters. The van der Waals surface area contributed by atoms with Gasteiger partial charge in [-0.2, -0.15) is 9.78 Å². The third-order valence-corrected chi connectivity index (χ3v) is 5.93. The zero-order chi connectivity index (χ0) is 26.7. The van der Waals surface area contributed by atoms with Crippen molar-refractivity contribution in [1.29, 1.82) is 0 Å². The number of carbonyl (C=O) groups is 1. The molecule has 1 N–H and O–H groups in total. The van der Waals surface area contributed by atoms with Gasteiger partial charge >= 0.3 is 11.7 Å². The molecule has 4 aromatic rings. The summed E-state index contributed by atoms with van der Waals surface area (Å²) in [6.07, 6.45) is 1.31. The third-order valence-electron chi connectivity index (χ3n) is 5.44. The molecule has 0 spiro atoms. The second-order valence-corrected chi connectivity index (χ2v) is 9.31. The highest BCUT2D eigenvalue weighted by molar-refractivity contribution is 9.10. The van der Waals surface area contributed by atoms with Gasteiger partial charge in [-0.15, -0.1) is 0 Å². The molecule has 0 saturated heterocycles. The highest BCUT2D eigenvalue weighted by Gasteiger charge is 2.20. The van der Waals surface area contributed by atoms with Crippen LogP contribution in [0.25, 0.3) is 10.9 Å². The number of hydrogen-bond acceptors (Lipinski definition) is 7. The van der Waals surface area contributed by atoms with Crippen LogP contribution in [0.2, 0.25) is 0 Å². The minimum absolute atomic E-state index is 0.0624. The molecule has 0 bridgehead atoms. The van der Waals surface area contributed by atoms with E-state index in [4.69, 9.17) is 4.74 Å². The monoisotopic (exact) mass is 564 g/mol. The van der Waals surface area contributed by atoms with Crippen molar-refractivity contribution in [3.63, 3.8) is 0 Å². The number of aromatic carboxylic acids is 1. The molecule has 0 amide bonds. The number of hydrogen-bond donors (Lipinski definition) is 1. The Labute approximate surface area is 219 Å². The van der Waals surface area contributed by atoms with E-state index in [1.165, 1.54) is 35.2 Å². The summed E-state index contributed by atoms with van der Waals surface area (Å²) in [5.74, 6) is -0.870. The van der Waals surface area contributed by atoms with Crippen molar-refractivity contribution in [1.82, 2.24) is 9.66 Å². The van der Waals surface area contributed by atoms with Crippen LogP contribution in [0.3, 0.4) is 0 Å². The molecule has 1 aromatic heterocycles. The van der Waals surface area contributed by atoms with E-state index in [1.807, 2.05) is 13.8 Å². The van der Waals surface area contributed by atoms with Gasteiger partial charge in [-0.3, -0.25) is 14.9 Å². The van der Waals surface area contributed by atoms with Crippen LogP contribution in [0.1, 0.15) is 47.1 Å². The van der Waals surface area contributed by atoms with E-state index in [-0.39, 0.29) is 40.6 Å². The summed E-state index contributed by atoms with van der Waals surface area (Å²) >= 11 is 3.37. The van der Waals surface area contributed by atoms with Crippen molar-refractivity contribution in [3.05, 3.63) is 108 Å². The lowest BCUT2D eigenvalue weighted by atomic mass is 10.1. The molecule has 11 heteroatoms. The molecule has 188 valence electrons. The van der Waals surface area contributed by atoms with Gasteiger partial charge in [-0.1, -0.05) is 48.0 Å². The average Bonchev–Trinajstić information content (AvgIpc) is 2.87. The fourth-order valence-electron chi connectivity index (χ4n) is 3.67. The number of benzene rings is 3. The normalized spacial score (nSPS) is 11.4. The summed E-state index contributed by atoms with van der Waals surface area (Å²) in [5.41, 5.74) is 0.704. The van der Waals surface area contributed by atoms with Crippen LogP contribution in [0.15, 0.2) is 75.0 Å².